The van der Waals surface area contributed by atoms with Crippen LogP contribution in [0.3, 0.4) is 0 Å². The molecule has 6 heteroatoms. The molecular weight excluding hydrogens is 314 g/mol. The van der Waals surface area contributed by atoms with E-state index in [4.69, 9.17) is 4.74 Å². The predicted octanol–water partition coefficient (Wildman–Crippen LogP) is 0.958. The number of rotatable bonds is 8. The zero-order chi connectivity index (χ0) is 17.9. The van der Waals surface area contributed by atoms with Gasteiger partial charge in [-0.3, -0.25) is 9.89 Å². The Bertz CT molecular complexity index is 500. The number of likely N-dealkylation sites (N-methyl/N-ethyl adjacent to an activating group) is 1. The van der Waals surface area contributed by atoms with Crippen molar-refractivity contribution in [3.05, 3.63) is 35.9 Å². The third-order valence-corrected chi connectivity index (χ3v) is 4.59. The van der Waals surface area contributed by atoms with Gasteiger partial charge in [0.15, 0.2) is 5.96 Å². The number of nitrogens with one attached hydrogen (secondary N) is 1. The number of hydrogen-bond acceptors (Lipinski definition) is 4. The van der Waals surface area contributed by atoms with Crippen LogP contribution in [-0.4, -0.2) is 94.3 Å². The first-order valence-electron chi connectivity index (χ1n) is 9.12. The van der Waals surface area contributed by atoms with Gasteiger partial charge in [-0.25, -0.2) is 0 Å². The van der Waals surface area contributed by atoms with E-state index < -0.39 is 0 Å². The molecule has 2 rings (SSSR count). The van der Waals surface area contributed by atoms with Crippen molar-refractivity contribution in [2.24, 2.45) is 4.99 Å². The predicted molar refractivity (Wildman–Crippen MR) is 104 cm³/mol. The van der Waals surface area contributed by atoms with Crippen LogP contribution in [-0.2, 0) is 11.3 Å². The molecule has 0 saturated carbocycles. The van der Waals surface area contributed by atoms with Crippen LogP contribution >= 0.6 is 0 Å². The fourth-order valence-corrected chi connectivity index (χ4v) is 3.01. The van der Waals surface area contributed by atoms with Crippen LogP contribution in [0.5, 0.6) is 0 Å². The van der Waals surface area contributed by atoms with Gasteiger partial charge in [0.1, 0.15) is 0 Å². The minimum Gasteiger partial charge on any atom is -0.383 e. The molecule has 25 heavy (non-hydrogen) atoms. The summed E-state index contributed by atoms with van der Waals surface area (Å²) in [5.74, 6) is 1.01. The number of hydrogen-bond donors (Lipinski definition) is 1. The Morgan fingerprint density at radius 2 is 1.88 bits per heavy atom. The molecule has 1 aliphatic heterocycles. The van der Waals surface area contributed by atoms with E-state index in [1.54, 1.807) is 7.11 Å². The van der Waals surface area contributed by atoms with Gasteiger partial charge in [-0.05, 0) is 12.6 Å². The van der Waals surface area contributed by atoms with Gasteiger partial charge in [-0.2, -0.15) is 0 Å². The molecule has 140 valence electrons. The molecule has 1 heterocycles. The van der Waals surface area contributed by atoms with Gasteiger partial charge < -0.3 is 19.9 Å². The second-order valence-corrected chi connectivity index (χ2v) is 6.52. The van der Waals surface area contributed by atoms with E-state index >= 15 is 0 Å². The van der Waals surface area contributed by atoms with Gasteiger partial charge in [0.05, 0.1) is 6.61 Å². The maximum atomic E-state index is 5.11. The van der Waals surface area contributed by atoms with Gasteiger partial charge in [0, 0.05) is 66.5 Å². The van der Waals surface area contributed by atoms with Crippen molar-refractivity contribution < 1.29 is 4.74 Å². The molecule has 0 aliphatic carbocycles. The Labute approximate surface area is 152 Å². The Kier molecular flexibility index (Phi) is 8.72. The van der Waals surface area contributed by atoms with Crippen LogP contribution in [0.1, 0.15) is 5.56 Å². The number of methoxy groups -OCH3 is 1. The smallest absolute Gasteiger partial charge is 0.193 e. The molecule has 1 saturated heterocycles. The summed E-state index contributed by atoms with van der Waals surface area (Å²) in [6.45, 7) is 8.83. The van der Waals surface area contributed by atoms with Crippen molar-refractivity contribution in [2.75, 3.05) is 73.6 Å². The zero-order valence-corrected chi connectivity index (χ0v) is 15.9. The summed E-state index contributed by atoms with van der Waals surface area (Å²) < 4.78 is 5.11. The summed E-state index contributed by atoms with van der Waals surface area (Å²) in [5.41, 5.74) is 1.39. The minimum absolute atomic E-state index is 0.772. The number of piperazine rings is 1. The molecule has 1 N–H and O–H groups in total. The number of guanidine groups is 1. The first kappa shape index (κ1) is 19.7. The molecule has 0 radical (unpaired) electrons. The molecule has 0 unspecified atom stereocenters. The number of ether oxygens (including phenoxy) is 1. The Hall–Kier alpha value is -1.63. The zero-order valence-electron chi connectivity index (χ0n) is 15.9. The lowest BCUT2D eigenvalue weighted by molar-refractivity contribution is 0.161. The van der Waals surface area contributed by atoms with Crippen LogP contribution in [0.25, 0.3) is 0 Å². The molecule has 0 amide bonds. The largest absolute Gasteiger partial charge is 0.383 e. The SMILES string of the molecule is CN=C(NCCN(C)CCOC)N1CCN(Cc2ccccc2)CC1. The molecule has 0 aromatic heterocycles. The fraction of sp³-hybridized carbons (Fsp3) is 0.632. The standard InChI is InChI=1S/C19H33N5O/c1-20-19(21-9-10-22(2)15-16-25-3)24-13-11-23(12-14-24)17-18-7-5-4-6-8-18/h4-8H,9-17H2,1-3H3,(H,20,21). The second-order valence-electron chi connectivity index (χ2n) is 6.52. The molecule has 0 bridgehead atoms. The summed E-state index contributed by atoms with van der Waals surface area (Å²) in [4.78, 5) is 11.6. The van der Waals surface area contributed by atoms with Gasteiger partial charge in [-0.15, -0.1) is 0 Å². The maximum absolute atomic E-state index is 5.11. The number of nitrogens with zero attached hydrogens (tertiary/aromatic N) is 4. The van der Waals surface area contributed by atoms with E-state index in [1.807, 2.05) is 7.05 Å². The fourth-order valence-electron chi connectivity index (χ4n) is 3.01. The number of benzene rings is 1. The molecule has 1 aromatic carbocycles. The topological polar surface area (TPSA) is 43.3 Å². The van der Waals surface area contributed by atoms with E-state index in [0.717, 1.165) is 64.9 Å². The van der Waals surface area contributed by atoms with Crippen molar-refractivity contribution in [3.63, 3.8) is 0 Å². The van der Waals surface area contributed by atoms with Crippen LogP contribution in [0, 0.1) is 0 Å². The quantitative estimate of drug-likeness (QED) is 0.560. The third-order valence-electron chi connectivity index (χ3n) is 4.59. The molecule has 1 aromatic rings. The van der Waals surface area contributed by atoms with Crippen molar-refractivity contribution in [1.82, 2.24) is 20.0 Å². The lowest BCUT2D eigenvalue weighted by Crippen LogP contribution is -2.52. The van der Waals surface area contributed by atoms with E-state index in [2.05, 4.69) is 62.4 Å². The van der Waals surface area contributed by atoms with Crippen molar-refractivity contribution in [2.45, 2.75) is 6.54 Å². The first-order valence-corrected chi connectivity index (χ1v) is 9.12. The number of aliphatic imine (C=N–C) groups is 1. The highest BCUT2D eigenvalue weighted by Gasteiger charge is 2.19. The summed E-state index contributed by atoms with van der Waals surface area (Å²) in [7, 11) is 5.73. The van der Waals surface area contributed by atoms with Crippen LogP contribution < -0.4 is 5.32 Å². The first-order chi connectivity index (χ1) is 12.2. The average Bonchev–Trinajstić information content (AvgIpc) is 2.65. The van der Waals surface area contributed by atoms with Gasteiger partial charge in [0.25, 0.3) is 0 Å². The van der Waals surface area contributed by atoms with E-state index in [0.29, 0.717) is 0 Å². The molecule has 1 aliphatic rings. The normalized spacial score (nSPS) is 16.5. The molecular formula is C19H33N5O. The van der Waals surface area contributed by atoms with Gasteiger partial charge in [0.2, 0.25) is 0 Å². The molecule has 0 spiro atoms. The molecule has 1 fully saturated rings. The lowest BCUT2D eigenvalue weighted by atomic mass is 10.2. The van der Waals surface area contributed by atoms with Gasteiger partial charge in [-0.1, -0.05) is 30.3 Å². The third kappa shape index (κ3) is 7.02. The van der Waals surface area contributed by atoms with Crippen LogP contribution in [0.4, 0.5) is 0 Å². The maximum Gasteiger partial charge on any atom is 0.193 e. The van der Waals surface area contributed by atoms with Gasteiger partial charge >= 0.3 is 0 Å². The highest BCUT2D eigenvalue weighted by Crippen LogP contribution is 2.08. The van der Waals surface area contributed by atoms with Crippen molar-refractivity contribution in [1.29, 1.82) is 0 Å². The Morgan fingerprint density at radius 3 is 2.52 bits per heavy atom. The van der Waals surface area contributed by atoms with Crippen LogP contribution in [0.15, 0.2) is 35.3 Å². The average molecular weight is 348 g/mol. The Morgan fingerprint density at radius 1 is 1.16 bits per heavy atom. The van der Waals surface area contributed by atoms with Crippen molar-refractivity contribution in [3.8, 4) is 0 Å². The van der Waals surface area contributed by atoms with Crippen LogP contribution in [0.2, 0.25) is 0 Å². The summed E-state index contributed by atoms with van der Waals surface area (Å²) in [6, 6.07) is 10.7. The van der Waals surface area contributed by atoms with E-state index in [-0.39, 0.29) is 0 Å². The monoisotopic (exact) mass is 347 g/mol. The summed E-state index contributed by atoms with van der Waals surface area (Å²) >= 11 is 0. The van der Waals surface area contributed by atoms with E-state index in [1.165, 1.54) is 5.56 Å². The lowest BCUT2D eigenvalue weighted by Gasteiger charge is -2.36. The summed E-state index contributed by atoms with van der Waals surface area (Å²) in [6.07, 6.45) is 0. The highest BCUT2D eigenvalue weighted by molar-refractivity contribution is 5.80. The molecule has 6 nitrogen and oxygen atoms in total. The molecule has 0 atom stereocenters. The highest BCUT2D eigenvalue weighted by atomic mass is 16.5. The van der Waals surface area contributed by atoms with E-state index in [9.17, 15) is 0 Å². The minimum atomic E-state index is 0.772. The van der Waals surface area contributed by atoms with Crippen molar-refractivity contribution >= 4 is 5.96 Å². The summed E-state index contributed by atoms with van der Waals surface area (Å²) in [5, 5.41) is 3.49. The Balaban J connectivity index is 1.69. The second kappa shape index (κ2) is 11.1.